The molecule has 25 heavy (non-hydrogen) atoms. The first kappa shape index (κ1) is 20.6. The van der Waals surface area contributed by atoms with Gasteiger partial charge < -0.3 is 14.2 Å². The van der Waals surface area contributed by atoms with Gasteiger partial charge in [-0.2, -0.15) is 0 Å². The number of hydrogen-bond acceptors (Lipinski definition) is 4. The van der Waals surface area contributed by atoms with Crippen LogP contribution in [0.15, 0.2) is 24.3 Å². The minimum absolute atomic E-state index is 0.101. The predicted octanol–water partition coefficient (Wildman–Crippen LogP) is 5.25. The molecule has 140 valence electrons. The molecule has 1 aliphatic rings. The van der Waals surface area contributed by atoms with Gasteiger partial charge in [0.2, 0.25) is 0 Å². The van der Waals surface area contributed by atoms with Crippen molar-refractivity contribution >= 4 is 28.6 Å². The van der Waals surface area contributed by atoms with E-state index in [2.05, 4.69) is 22.6 Å². The van der Waals surface area contributed by atoms with Gasteiger partial charge in [-0.3, -0.25) is 4.79 Å². The molecule has 0 aliphatic heterocycles. The Labute approximate surface area is 164 Å². The predicted molar refractivity (Wildman–Crippen MR) is 106 cm³/mol. The summed E-state index contributed by atoms with van der Waals surface area (Å²) in [6.07, 6.45) is 6.67. The lowest BCUT2D eigenvalue weighted by molar-refractivity contribution is -0.168. The Morgan fingerprint density at radius 3 is 2.60 bits per heavy atom. The zero-order chi connectivity index (χ0) is 18.1. The molecular formula is C20H29IO4. The Morgan fingerprint density at radius 1 is 1.24 bits per heavy atom. The Kier molecular flexibility index (Phi) is 9.20. The first-order valence-corrected chi connectivity index (χ1v) is 10.3. The molecular weight excluding hydrogens is 431 g/mol. The number of hydrogen-bond donors (Lipinski definition) is 0. The summed E-state index contributed by atoms with van der Waals surface area (Å²) in [6.45, 7) is 2.20. The van der Waals surface area contributed by atoms with Crippen LogP contribution in [0.4, 0.5) is 0 Å². The molecule has 0 bridgehead atoms. The minimum Gasteiger partial charge on any atom is -0.459 e. The average Bonchev–Trinajstić information content (AvgIpc) is 2.63. The molecule has 5 heteroatoms. The maximum atomic E-state index is 12.5. The normalized spacial score (nSPS) is 17.9. The highest BCUT2D eigenvalue weighted by molar-refractivity contribution is 14.1. The monoisotopic (exact) mass is 460 g/mol. The van der Waals surface area contributed by atoms with Crippen LogP contribution in [0.5, 0.6) is 0 Å². The number of benzene rings is 1. The van der Waals surface area contributed by atoms with Crippen molar-refractivity contribution in [2.75, 3.05) is 13.9 Å². The minimum atomic E-state index is -0.312. The number of rotatable bonds is 9. The number of carbonyl (C=O) groups excluding carboxylic acids is 1. The third-order valence-corrected chi connectivity index (χ3v) is 5.76. The fraction of sp³-hybridized carbons (Fsp3) is 0.650. The van der Waals surface area contributed by atoms with Gasteiger partial charge in [-0.05, 0) is 59.4 Å². The van der Waals surface area contributed by atoms with Crippen molar-refractivity contribution in [3.05, 3.63) is 33.4 Å². The van der Waals surface area contributed by atoms with E-state index in [1.165, 1.54) is 19.3 Å². The lowest BCUT2D eigenvalue weighted by Gasteiger charge is -2.28. The smallest absolute Gasteiger partial charge is 0.306 e. The Balaban J connectivity index is 2.04. The molecule has 0 saturated heterocycles. The molecule has 0 spiro atoms. The van der Waals surface area contributed by atoms with Crippen LogP contribution in [-0.4, -0.2) is 26.0 Å². The van der Waals surface area contributed by atoms with Crippen molar-refractivity contribution in [3.8, 4) is 0 Å². The second-order valence-electron chi connectivity index (χ2n) is 6.66. The summed E-state index contributed by atoms with van der Waals surface area (Å²) in [5, 5.41) is 0. The van der Waals surface area contributed by atoms with Crippen LogP contribution < -0.4 is 0 Å². The van der Waals surface area contributed by atoms with Gasteiger partial charge in [0.05, 0.1) is 0 Å². The summed E-state index contributed by atoms with van der Waals surface area (Å²) in [4.78, 5) is 12.5. The van der Waals surface area contributed by atoms with E-state index in [9.17, 15) is 4.79 Å². The van der Waals surface area contributed by atoms with Crippen molar-refractivity contribution in [1.29, 1.82) is 0 Å². The van der Waals surface area contributed by atoms with Gasteiger partial charge in [0.25, 0.3) is 0 Å². The molecule has 0 aromatic heterocycles. The van der Waals surface area contributed by atoms with Gasteiger partial charge in [0.15, 0.2) is 0 Å². The Hall–Kier alpha value is -0.660. The topological polar surface area (TPSA) is 44.8 Å². The SMILES string of the molecule is CC[C@H](OC(=O)CC1CCCCC1)[C@@H](OCOC)c1ccccc1I. The quantitative estimate of drug-likeness (QED) is 0.287. The van der Waals surface area contributed by atoms with Crippen LogP contribution in [0.1, 0.15) is 63.5 Å². The third-order valence-electron chi connectivity index (χ3n) is 4.78. The third kappa shape index (κ3) is 6.53. The molecule has 1 fully saturated rings. The van der Waals surface area contributed by atoms with Gasteiger partial charge in [0.1, 0.15) is 19.0 Å². The maximum absolute atomic E-state index is 12.5. The molecule has 1 saturated carbocycles. The van der Waals surface area contributed by atoms with Gasteiger partial charge in [-0.25, -0.2) is 0 Å². The lowest BCUT2D eigenvalue weighted by atomic mass is 9.87. The summed E-state index contributed by atoms with van der Waals surface area (Å²) in [7, 11) is 1.60. The fourth-order valence-electron chi connectivity index (χ4n) is 3.45. The van der Waals surface area contributed by atoms with E-state index >= 15 is 0 Å². The van der Waals surface area contributed by atoms with E-state index in [-0.39, 0.29) is 25.0 Å². The first-order valence-electron chi connectivity index (χ1n) is 9.20. The first-order chi connectivity index (χ1) is 12.2. The molecule has 0 N–H and O–H groups in total. The number of esters is 1. The van der Waals surface area contributed by atoms with Crippen molar-refractivity contribution in [2.24, 2.45) is 5.92 Å². The van der Waals surface area contributed by atoms with E-state index in [1.54, 1.807) is 7.11 Å². The summed E-state index contributed by atoms with van der Waals surface area (Å²) < 4.78 is 17.9. The standard InChI is InChI=1S/C20H29IO4/c1-3-18(25-19(22)13-15-9-5-4-6-10-15)20(24-14-23-2)16-11-7-8-12-17(16)21/h7-8,11-12,15,18,20H,3-6,9-10,13-14H2,1-2H3/t18-,20-/m0/s1. The van der Waals surface area contributed by atoms with E-state index in [4.69, 9.17) is 14.2 Å². The molecule has 4 nitrogen and oxygen atoms in total. The van der Waals surface area contributed by atoms with Crippen LogP contribution in [0.2, 0.25) is 0 Å². The van der Waals surface area contributed by atoms with Gasteiger partial charge >= 0.3 is 5.97 Å². The highest BCUT2D eigenvalue weighted by Gasteiger charge is 2.29. The highest BCUT2D eigenvalue weighted by Crippen LogP contribution is 2.31. The summed E-state index contributed by atoms with van der Waals surface area (Å²) in [5.41, 5.74) is 1.04. The van der Waals surface area contributed by atoms with Crippen LogP contribution in [0.3, 0.4) is 0 Å². The van der Waals surface area contributed by atoms with Crippen molar-refractivity contribution in [1.82, 2.24) is 0 Å². The second-order valence-corrected chi connectivity index (χ2v) is 7.82. The molecule has 2 rings (SSSR count). The van der Waals surface area contributed by atoms with E-state index in [0.29, 0.717) is 18.8 Å². The summed E-state index contributed by atoms with van der Waals surface area (Å²) in [5.74, 6) is 0.379. The van der Waals surface area contributed by atoms with Crippen LogP contribution in [0.25, 0.3) is 0 Å². The number of methoxy groups -OCH3 is 1. The molecule has 0 radical (unpaired) electrons. The fourth-order valence-corrected chi connectivity index (χ4v) is 4.14. The van der Waals surface area contributed by atoms with E-state index in [0.717, 1.165) is 22.0 Å². The largest absolute Gasteiger partial charge is 0.459 e. The summed E-state index contributed by atoms with van der Waals surface area (Å²) in [6, 6.07) is 8.04. The molecule has 0 unspecified atom stereocenters. The molecule has 1 aromatic rings. The van der Waals surface area contributed by atoms with E-state index < -0.39 is 0 Å². The zero-order valence-corrected chi connectivity index (χ0v) is 17.4. The Bertz CT molecular complexity index is 528. The van der Waals surface area contributed by atoms with Crippen molar-refractivity contribution < 1.29 is 19.0 Å². The molecule has 0 amide bonds. The molecule has 1 aliphatic carbocycles. The van der Waals surface area contributed by atoms with Gasteiger partial charge in [-0.1, -0.05) is 44.4 Å². The van der Waals surface area contributed by atoms with Crippen LogP contribution in [-0.2, 0) is 19.0 Å². The lowest BCUT2D eigenvalue weighted by Crippen LogP contribution is -2.29. The van der Waals surface area contributed by atoms with Crippen LogP contribution >= 0.6 is 22.6 Å². The number of ether oxygens (including phenoxy) is 3. The maximum Gasteiger partial charge on any atom is 0.306 e. The Morgan fingerprint density at radius 2 is 1.96 bits per heavy atom. The highest BCUT2D eigenvalue weighted by atomic mass is 127. The van der Waals surface area contributed by atoms with Gasteiger partial charge in [0, 0.05) is 17.1 Å². The molecule has 0 heterocycles. The average molecular weight is 460 g/mol. The number of carbonyl (C=O) groups is 1. The van der Waals surface area contributed by atoms with Gasteiger partial charge in [-0.15, -0.1) is 0 Å². The molecule has 1 aromatic carbocycles. The summed E-state index contributed by atoms with van der Waals surface area (Å²) >= 11 is 2.29. The van der Waals surface area contributed by atoms with Crippen LogP contribution in [0, 0.1) is 9.49 Å². The molecule has 2 atom stereocenters. The van der Waals surface area contributed by atoms with Crippen molar-refractivity contribution in [2.45, 2.75) is 64.1 Å². The second kappa shape index (κ2) is 11.1. The zero-order valence-electron chi connectivity index (χ0n) is 15.2. The number of halogens is 1. The van der Waals surface area contributed by atoms with Crippen molar-refractivity contribution in [3.63, 3.8) is 0 Å². The van der Waals surface area contributed by atoms with E-state index in [1.807, 2.05) is 31.2 Å².